The van der Waals surface area contributed by atoms with Gasteiger partial charge in [0.2, 0.25) is 5.91 Å². The highest BCUT2D eigenvalue weighted by atomic mass is 16.2. The second kappa shape index (κ2) is 5.88. The van der Waals surface area contributed by atoms with Crippen molar-refractivity contribution in [1.29, 1.82) is 0 Å². The maximum absolute atomic E-state index is 12.4. The zero-order valence-corrected chi connectivity index (χ0v) is 12.4. The summed E-state index contributed by atoms with van der Waals surface area (Å²) in [7, 11) is 0. The van der Waals surface area contributed by atoms with Crippen molar-refractivity contribution in [3.63, 3.8) is 0 Å². The fourth-order valence-corrected chi connectivity index (χ4v) is 3.04. The lowest BCUT2D eigenvalue weighted by atomic mass is 10.1. The van der Waals surface area contributed by atoms with E-state index in [2.05, 4.69) is 17.6 Å². The molecule has 0 heterocycles. The molecule has 2 atom stereocenters. The van der Waals surface area contributed by atoms with E-state index in [1.54, 1.807) is 12.1 Å². The first-order valence-corrected chi connectivity index (χ1v) is 7.86. The molecule has 0 aliphatic heterocycles. The number of carbonyl (C=O) groups is 2. The maximum atomic E-state index is 12.4. The molecule has 2 aliphatic rings. The lowest BCUT2D eigenvalue weighted by molar-refractivity contribution is -0.117. The first kappa shape index (κ1) is 14.1. The second-order valence-corrected chi connectivity index (χ2v) is 6.31. The van der Waals surface area contributed by atoms with Crippen molar-refractivity contribution in [2.24, 2.45) is 11.8 Å². The number of hydrogen-bond acceptors (Lipinski definition) is 2. The van der Waals surface area contributed by atoms with Gasteiger partial charge in [0.25, 0.3) is 5.91 Å². The third kappa shape index (κ3) is 3.26. The third-order valence-corrected chi connectivity index (χ3v) is 4.57. The van der Waals surface area contributed by atoms with Gasteiger partial charge in [0, 0.05) is 12.0 Å². The molecule has 3 rings (SSSR count). The third-order valence-electron chi connectivity index (χ3n) is 4.57. The van der Waals surface area contributed by atoms with Gasteiger partial charge in [-0.3, -0.25) is 9.59 Å². The molecule has 1 aromatic carbocycles. The standard InChI is InChI=1S/C17H22N2O2/c1-11-10-14(11)17(21)19-15-9-5-4-8-13(15)16(20)18-12-6-2-3-7-12/h4-5,8-9,11-12,14H,2-3,6-7,10H2,1H3,(H,18,20)(H,19,21)/t11-,14+/m1/s1. The number of benzene rings is 1. The van der Waals surface area contributed by atoms with Crippen LogP contribution >= 0.6 is 0 Å². The second-order valence-electron chi connectivity index (χ2n) is 6.31. The van der Waals surface area contributed by atoms with Crippen molar-refractivity contribution in [3.05, 3.63) is 29.8 Å². The molecule has 2 aliphatic carbocycles. The van der Waals surface area contributed by atoms with Gasteiger partial charge in [-0.1, -0.05) is 31.9 Å². The van der Waals surface area contributed by atoms with Crippen LogP contribution in [0, 0.1) is 11.8 Å². The molecule has 0 radical (unpaired) electrons. The molecule has 2 fully saturated rings. The Labute approximate surface area is 125 Å². The van der Waals surface area contributed by atoms with E-state index in [9.17, 15) is 9.59 Å². The number of hydrogen-bond donors (Lipinski definition) is 2. The summed E-state index contributed by atoms with van der Waals surface area (Å²) >= 11 is 0. The predicted octanol–water partition coefficient (Wildman–Crippen LogP) is 2.95. The van der Waals surface area contributed by atoms with E-state index in [1.165, 1.54) is 12.8 Å². The molecule has 4 heteroatoms. The molecule has 2 N–H and O–H groups in total. The molecule has 0 unspecified atom stereocenters. The van der Waals surface area contributed by atoms with Gasteiger partial charge in [-0.05, 0) is 37.3 Å². The summed E-state index contributed by atoms with van der Waals surface area (Å²) in [6.07, 6.45) is 5.42. The summed E-state index contributed by atoms with van der Waals surface area (Å²) in [5.74, 6) is 0.519. The van der Waals surface area contributed by atoms with Gasteiger partial charge in [0.1, 0.15) is 0 Å². The van der Waals surface area contributed by atoms with Crippen LogP contribution in [0.25, 0.3) is 0 Å². The van der Waals surface area contributed by atoms with Gasteiger partial charge in [-0.25, -0.2) is 0 Å². The fourth-order valence-electron chi connectivity index (χ4n) is 3.04. The van der Waals surface area contributed by atoms with E-state index in [-0.39, 0.29) is 23.8 Å². The van der Waals surface area contributed by atoms with Gasteiger partial charge < -0.3 is 10.6 Å². The Hall–Kier alpha value is -1.84. The quantitative estimate of drug-likeness (QED) is 0.894. The Balaban J connectivity index is 1.69. The molecular weight excluding hydrogens is 264 g/mol. The van der Waals surface area contributed by atoms with E-state index >= 15 is 0 Å². The SMILES string of the molecule is C[C@@H]1C[C@@H]1C(=O)Nc1ccccc1C(=O)NC1CCCC1. The molecule has 4 nitrogen and oxygen atoms in total. The van der Waals surface area contributed by atoms with E-state index < -0.39 is 0 Å². The van der Waals surface area contributed by atoms with Crippen LogP contribution in [0.5, 0.6) is 0 Å². The summed E-state index contributed by atoms with van der Waals surface area (Å²) < 4.78 is 0. The first-order chi connectivity index (χ1) is 10.1. The molecule has 21 heavy (non-hydrogen) atoms. The molecule has 0 saturated heterocycles. The molecule has 2 saturated carbocycles. The zero-order chi connectivity index (χ0) is 14.8. The van der Waals surface area contributed by atoms with E-state index in [0.717, 1.165) is 19.3 Å². The Morgan fingerprint density at radius 2 is 1.81 bits per heavy atom. The summed E-state index contributed by atoms with van der Waals surface area (Å²) in [5.41, 5.74) is 1.18. The Morgan fingerprint density at radius 1 is 1.14 bits per heavy atom. The highest BCUT2D eigenvalue weighted by molar-refractivity contribution is 6.04. The van der Waals surface area contributed by atoms with Gasteiger partial charge in [-0.15, -0.1) is 0 Å². The summed E-state index contributed by atoms with van der Waals surface area (Å²) in [4.78, 5) is 24.5. The van der Waals surface area contributed by atoms with Gasteiger partial charge in [0.15, 0.2) is 0 Å². The highest BCUT2D eigenvalue weighted by Gasteiger charge is 2.39. The summed E-state index contributed by atoms with van der Waals surface area (Å²) in [5, 5.41) is 5.98. The topological polar surface area (TPSA) is 58.2 Å². The van der Waals surface area contributed by atoms with Gasteiger partial charge in [0.05, 0.1) is 11.3 Å². The number of nitrogens with one attached hydrogen (secondary N) is 2. The van der Waals surface area contributed by atoms with E-state index in [1.807, 2.05) is 12.1 Å². The van der Waals surface area contributed by atoms with Crippen LogP contribution in [-0.2, 0) is 4.79 Å². The Bertz CT molecular complexity index is 549. The van der Waals surface area contributed by atoms with Crippen molar-refractivity contribution in [1.82, 2.24) is 5.32 Å². The van der Waals surface area contributed by atoms with Crippen LogP contribution in [0.3, 0.4) is 0 Å². The molecule has 0 spiro atoms. The van der Waals surface area contributed by atoms with Crippen molar-refractivity contribution in [2.75, 3.05) is 5.32 Å². The lowest BCUT2D eigenvalue weighted by Crippen LogP contribution is -2.33. The largest absolute Gasteiger partial charge is 0.349 e. The molecular formula is C17H22N2O2. The smallest absolute Gasteiger partial charge is 0.253 e. The first-order valence-electron chi connectivity index (χ1n) is 7.86. The van der Waals surface area contributed by atoms with Crippen LogP contribution in [0.15, 0.2) is 24.3 Å². The Kier molecular flexibility index (Phi) is 3.95. The monoisotopic (exact) mass is 286 g/mol. The minimum Gasteiger partial charge on any atom is -0.349 e. The normalized spacial score (nSPS) is 24.6. The van der Waals surface area contributed by atoms with E-state index in [0.29, 0.717) is 17.2 Å². The average molecular weight is 286 g/mol. The number of rotatable bonds is 4. The zero-order valence-electron chi connectivity index (χ0n) is 12.4. The molecule has 2 amide bonds. The predicted molar refractivity (Wildman–Crippen MR) is 82.1 cm³/mol. The Morgan fingerprint density at radius 3 is 2.48 bits per heavy atom. The molecule has 112 valence electrons. The van der Waals surface area contributed by atoms with Crippen LogP contribution < -0.4 is 10.6 Å². The minimum absolute atomic E-state index is 0.0311. The molecule has 1 aromatic rings. The number of anilines is 1. The lowest BCUT2D eigenvalue weighted by Gasteiger charge is -2.15. The summed E-state index contributed by atoms with van der Waals surface area (Å²) in [6, 6.07) is 7.53. The van der Waals surface area contributed by atoms with Gasteiger partial charge in [-0.2, -0.15) is 0 Å². The minimum atomic E-state index is -0.0818. The van der Waals surface area contributed by atoms with Crippen molar-refractivity contribution >= 4 is 17.5 Å². The molecule has 0 bridgehead atoms. The summed E-state index contributed by atoms with van der Waals surface area (Å²) in [6.45, 7) is 2.07. The van der Waals surface area contributed by atoms with Crippen molar-refractivity contribution < 1.29 is 9.59 Å². The molecule has 0 aromatic heterocycles. The van der Waals surface area contributed by atoms with Crippen molar-refractivity contribution in [2.45, 2.75) is 45.1 Å². The van der Waals surface area contributed by atoms with Crippen molar-refractivity contribution in [3.8, 4) is 0 Å². The van der Waals surface area contributed by atoms with Crippen LogP contribution in [-0.4, -0.2) is 17.9 Å². The van der Waals surface area contributed by atoms with E-state index in [4.69, 9.17) is 0 Å². The number of para-hydroxylation sites is 1. The fraction of sp³-hybridized carbons (Fsp3) is 0.529. The average Bonchev–Trinajstić information content (AvgIpc) is 2.98. The van der Waals surface area contributed by atoms with Gasteiger partial charge >= 0.3 is 0 Å². The number of carbonyl (C=O) groups excluding carboxylic acids is 2. The number of amides is 2. The van der Waals surface area contributed by atoms with Crippen LogP contribution in [0.4, 0.5) is 5.69 Å². The highest BCUT2D eigenvalue weighted by Crippen LogP contribution is 2.38. The van der Waals surface area contributed by atoms with Crippen LogP contribution in [0.2, 0.25) is 0 Å². The van der Waals surface area contributed by atoms with Crippen LogP contribution in [0.1, 0.15) is 49.4 Å². The maximum Gasteiger partial charge on any atom is 0.253 e.